The van der Waals surface area contributed by atoms with Gasteiger partial charge in [0.2, 0.25) is 5.91 Å². The van der Waals surface area contributed by atoms with E-state index in [0.717, 1.165) is 0 Å². The first kappa shape index (κ1) is 13.3. The molecule has 1 heterocycles. The molecule has 1 atom stereocenters. The Balaban J connectivity index is 2.27. The number of alkyl halides is 1. The van der Waals surface area contributed by atoms with Gasteiger partial charge in [0.25, 0.3) is 5.69 Å². The summed E-state index contributed by atoms with van der Waals surface area (Å²) in [6.45, 7) is 0.562. The zero-order valence-electron chi connectivity index (χ0n) is 9.31. The highest BCUT2D eigenvalue weighted by Crippen LogP contribution is 2.32. The molecule has 1 aliphatic rings. The van der Waals surface area contributed by atoms with E-state index in [-0.39, 0.29) is 17.5 Å². The number of carbonyl (C=O) groups excluding carboxylic acids is 1. The Hall–Kier alpha value is -1.14. The minimum absolute atomic E-state index is 0.00130. The van der Waals surface area contributed by atoms with Gasteiger partial charge < -0.3 is 4.90 Å². The molecule has 0 N–H and O–H groups in total. The van der Waals surface area contributed by atoms with Gasteiger partial charge in [0.05, 0.1) is 9.40 Å². The van der Waals surface area contributed by atoms with Gasteiger partial charge in [-0.3, -0.25) is 14.9 Å². The molecule has 1 unspecified atom stereocenters. The topological polar surface area (TPSA) is 63.5 Å². The van der Waals surface area contributed by atoms with Crippen LogP contribution in [-0.2, 0) is 4.79 Å². The smallest absolute Gasteiger partial charge is 0.283 e. The number of nitro benzene ring substituents is 1. The Morgan fingerprint density at radius 3 is 2.78 bits per heavy atom. The predicted octanol–water partition coefficient (Wildman–Crippen LogP) is 2.95. The van der Waals surface area contributed by atoms with E-state index in [1.54, 1.807) is 17.0 Å². The predicted molar refractivity (Wildman–Crippen MR) is 72.0 cm³/mol. The number of hydrogen-bond acceptors (Lipinski definition) is 3. The standard InChI is InChI=1S/C11H10BrClN2O3/c12-9-4-8(1-2-10(9)15(17)18)14-6-7(5-13)3-11(14)16/h1-2,4,7H,3,5-6H2. The van der Waals surface area contributed by atoms with Crippen molar-refractivity contribution < 1.29 is 9.72 Å². The van der Waals surface area contributed by atoms with Crippen molar-refractivity contribution in [1.82, 2.24) is 0 Å². The number of nitro groups is 1. The molecule has 96 valence electrons. The molecule has 2 rings (SSSR count). The largest absolute Gasteiger partial charge is 0.312 e. The van der Waals surface area contributed by atoms with Crippen LogP contribution in [0.5, 0.6) is 0 Å². The third-order valence-corrected chi connectivity index (χ3v) is 3.93. The van der Waals surface area contributed by atoms with Gasteiger partial charge in [-0.25, -0.2) is 0 Å². The number of benzene rings is 1. The van der Waals surface area contributed by atoms with Crippen LogP contribution in [0.15, 0.2) is 22.7 Å². The van der Waals surface area contributed by atoms with Gasteiger partial charge >= 0.3 is 0 Å². The van der Waals surface area contributed by atoms with E-state index >= 15 is 0 Å². The summed E-state index contributed by atoms with van der Waals surface area (Å²) in [6, 6.07) is 4.56. The second kappa shape index (κ2) is 5.24. The van der Waals surface area contributed by atoms with Crippen LogP contribution in [0.3, 0.4) is 0 Å². The average molecular weight is 334 g/mol. The van der Waals surface area contributed by atoms with Crippen molar-refractivity contribution in [2.45, 2.75) is 6.42 Å². The van der Waals surface area contributed by atoms with Crippen molar-refractivity contribution in [2.75, 3.05) is 17.3 Å². The SMILES string of the molecule is O=C1CC(CCl)CN1c1ccc([N+](=O)[O-])c(Br)c1. The highest BCUT2D eigenvalue weighted by atomic mass is 79.9. The summed E-state index contributed by atoms with van der Waals surface area (Å²) in [5.41, 5.74) is 0.643. The summed E-state index contributed by atoms with van der Waals surface area (Å²) < 4.78 is 0.368. The van der Waals surface area contributed by atoms with Crippen LogP contribution in [0.25, 0.3) is 0 Å². The molecule has 1 aliphatic heterocycles. The van der Waals surface area contributed by atoms with Gasteiger partial charge in [0, 0.05) is 30.6 Å². The molecular weight excluding hydrogens is 323 g/mol. The molecule has 18 heavy (non-hydrogen) atoms. The molecule has 5 nitrogen and oxygen atoms in total. The first-order chi connectivity index (χ1) is 8.52. The van der Waals surface area contributed by atoms with Crippen molar-refractivity contribution in [3.63, 3.8) is 0 Å². The Bertz CT molecular complexity index is 509. The van der Waals surface area contributed by atoms with E-state index in [1.807, 2.05) is 0 Å². The zero-order chi connectivity index (χ0) is 13.3. The van der Waals surface area contributed by atoms with E-state index in [1.165, 1.54) is 6.07 Å². The maximum atomic E-state index is 11.8. The Kier molecular flexibility index (Phi) is 3.87. The van der Waals surface area contributed by atoms with Crippen molar-refractivity contribution in [3.05, 3.63) is 32.8 Å². The molecule has 7 heteroatoms. The van der Waals surface area contributed by atoms with Gasteiger partial charge in [-0.05, 0) is 34.0 Å². The maximum Gasteiger partial charge on any atom is 0.283 e. The monoisotopic (exact) mass is 332 g/mol. The molecule has 0 saturated carbocycles. The Morgan fingerprint density at radius 2 is 2.28 bits per heavy atom. The van der Waals surface area contributed by atoms with Crippen LogP contribution >= 0.6 is 27.5 Å². The lowest BCUT2D eigenvalue weighted by atomic mass is 10.1. The van der Waals surface area contributed by atoms with Crippen molar-refractivity contribution in [3.8, 4) is 0 Å². The first-order valence-electron chi connectivity index (χ1n) is 5.33. The van der Waals surface area contributed by atoms with Gasteiger partial charge in [-0.1, -0.05) is 0 Å². The molecule has 1 saturated heterocycles. The number of rotatable bonds is 3. The number of nitrogens with zero attached hydrogens (tertiary/aromatic N) is 2. The number of halogens is 2. The van der Waals surface area contributed by atoms with Crippen LogP contribution in [0.4, 0.5) is 11.4 Å². The van der Waals surface area contributed by atoms with E-state index in [0.29, 0.717) is 29.0 Å². The van der Waals surface area contributed by atoms with Crippen LogP contribution in [0.2, 0.25) is 0 Å². The molecular formula is C11H10BrClN2O3. The molecule has 0 spiro atoms. The van der Waals surface area contributed by atoms with Crippen LogP contribution in [0.1, 0.15) is 6.42 Å². The van der Waals surface area contributed by atoms with Crippen LogP contribution in [-0.4, -0.2) is 23.3 Å². The van der Waals surface area contributed by atoms with Gasteiger partial charge in [-0.15, -0.1) is 11.6 Å². The quantitative estimate of drug-likeness (QED) is 0.485. The summed E-state index contributed by atoms with van der Waals surface area (Å²) in [4.78, 5) is 23.6. The third kappa shape index (κ3) is 2.49. The summed E-state index contributed by atoms with van der Waals surface area (Å²) >= 11 is 8.89. The maximum absolute atomic E-state index is 11.8. The van der Waals surface area contributed by atoms with Gasteiger partial charge in [0.1, 0.15) is 0 Å². The van der Waals surface area contributed by atoms with Crippen molar-refractivity contribution >= 4 is 44.8 Å². The van der Waals surface area contributed by atoms with Gasteiger partial charge in [-0.2, -0.15) is 0 Å². The molecule has 0 radical (unpaired) electrons. The Labute approximate surface area is 117 Å². The summed E-state index contributed by atoms with van der Waals surface area (Å²) in [5, 5.41) is 10.7. The van der Waals surface area contributed by atoms with E-state index < -0.39 is 4.92 Å². The number of carbonyl (C=O) groups is 1. The lowest BCUT2D eigenvalue weighted by Gasteiger charge is -2.16. The second-order valence-corrected chi connectivity index (χ2v) is 5.28. The molecule has 0 aromatic heterocycles. The fraction of sp³-hybridized carbons (Fsp3) is 0.364. The van der Waals surface area contributed by atoms with Crippen molar-refractivity contribution in [1.29, 1.82) is 0 Å². The lowest BCUT2D eigenvalue weighted by Crippen LogP contribution is -2.24. The average Bonchev–Trinajstić information content (AvgIpc) is 2.70. The summed E-state index contributed by atoms with van der Waals surface area (Å²) in [6.07, 6.45) is 0.429. The zero-order valence-corrected chi connectivity index (χ0v) is 11.6. The normalized spacial score (nSPS) is 19.3. The molecule has 1 aromatic rings. The molecule has 1 fully saturated rings. The fourth-order valence-corrected chi connectivity index (χ4v) is 2.66. The highest BCUT2D eigenvalue weighted by Gasteiger charge is 2.30. The summed E-state index contributed by atoms with van der Waals surface area (Å²) in [5.74, 6) is 0.589. The molecule has 0 aliphatic carbocycles. The number of hydrogen-bond donors (Lipinski definition) is 0. The fourth-order valence-electron chi connectivity index (χ4n) is 1.95. The van der Waals surface area contributed by atoms with Crippen molar-refractivity contribution in [2.24, 2.45) is 5.92 Å². The minimum atomic E-state index is -0.471. The highest BCUT2D eigenvalue weighted by molar-refractivity contribution is 9.10. The number of amides is 1. The van der Waals surface area contributed by atoms with E-state index in [4.69, 9.17) is 11.6 Å². The summed E-state index contributed by atoms with van der Waals surface area (Å²) in [7, 11) is 0. The van der Waals surface area contributed by atoms with Crippen LogP contribution < -0.4 is 4.90 Å². The molecule has 1 aromatic carbocycles. The number of anilines is 1. The lowest BCUT2D eigenvalue weighted by molar-refractivity contribution is -0.385. The van der Waals surface area contributed by atoms with E-state index in [9.17, 15) is 14.9 Å². The second-order valence-electron chi connectivity index (χ2n) is 4.12. The van der Waals surface area contributed by atoms with Gasteiger partial charge in [0.15, 0.2) is 0 Å². The Morgan fingerprint density at radius 1 is 1.56 bits per heavy atom. The van der Waals surface area contributed by atoms with Crippen LogP contribution in [0, 0.1) is 16.0 Å². The van der Waals surface area contributed by atoms with E-state index in [2.05, 4.69) is 15.9 Å². The molecule has 0 bridgehead atoms. The first-order valence-corrected chi connectivity index (χ1v) is 6.66. The minimum Gasteiger partial charge on any atom is -0.312 e. The third-order valence-electron chi connectivity index (χ3n) is 2.86. The molecule has 1 amide bonds.